The number of rotatable bonds is 5. The quantitative estimate of drug-likeness (QED) is 0.839. The predicted molar refractivity (Wildman–Crippen MR) is 108 cm³/mol. The zero-order valence-electron chi connectivity index (χ0n) is 16.3. The lowest BCUT2D eigenvalue weighted by Gasteiger charge is -2.45. The normalized spacial score (nSPS) is 21.9. The van der Waals surface area contributed by atoms with Crippen molar-refractivity contribution in [2.75, 3.05) is 20.8 Å². The number of methoxy groups -OCH3 is 1. The first kappa shape index (κ1) is 19.6. The van der Waals surface area contributed by atoms with Crippen molar-refractivity contribution < 1.29 is 9.53 Å². The maximum absolute atomic E-state index is 12.9. The Hall–Kier alpha value is -3.17. The van der Waals surface area contributed by atoms with Gasteiger partial charge in [-0.1, -0.05) is 30.3 Å². The molecule has 0 aromatic heterocycles. The highest BCUT2D eigenvalue weighted by atomic mass is 16.5. The molecular formula is C22H24N4O2. The Balaban J connectivity index is 2.05. The molecule has 2 N–H and O–H groups in total. The number of amides is 1. The molecule has 28 heavy (non-hydrogen) atoms. The van der Waals surface area contributed by atoms with Gasteiger partial charge in [0, 0.05) is 20.8 Å². The van der Waals surface area contributed by atoms with E-state index < -0.39 is 5.54 Å². The molecule has 2 aromatic carbocycles. The van der Waals surface area contributed by atoms with Gasteiger partial charge in [-0.05, 0) is 48.2 Å². The molecule has 0 radical (unpaired) electrons. The van der Waals surface area contributed by atoms with Gasteiger partial charge < -0.3 is 10.1 Å². The van der Waals surface area contributed by atoms with Crippen LogP contribution >= 0.6 is 0 Å². The summed E-state index contributed by atoms with van der Waals surface area (Å²) in [5, 5.41) is 20.6. The SMILES string of the molecule is COCC[C@@H]1C(=O)N(C)C(=N)N[C@]1(C)c1cccc(-c2cccc(C#N)c2)c1. The lowest BCUT2D eigenvalue weighted by molar-refractivity contribution is -0.136. The van der Waals surface area contributed by atoms with Gasteiger partial charge in [-0.15, -0.1) is 0 Å². The molecule has 3 rings (SSSR count). The fourth-order valence-corrected chi connectivity index (χ4v) is 3.72. The van der Waals surface area contributed by atoms with E-state index >= 15 is 0 Å². The van der Waals surface area contributed by atoms with E-state index in [1.807, 2.05) is 49.4 Å². The average molecular weight is 376 g/mol. The van der Waals surface area contributed by atoms with Crippen LogP contribution in [0.15, 0.2) is 48.5 Å². The molecular weight excluding hydrogens is 352 g/mol. The van der Waals surface area contributed by atoms with E-state index in [9.17, 15) is 10.1 Å². The molecule has 1 aliphatic rings. The molecule has 1 fully saturated rings. The summed E-state index contributed by atoms with van der Waals surface area (Å²) in [6, 6.07) is 17.5. The third-order valence-electron chi connectivity index (χ3n) is 5.44. The fraction of sp³-hybridized carbons (Fsp3) is 0.318. The first-order valence-corrected chi connectivity index (χ1v) is 9.15. The molecule has 0 saturated carbocycles. The van der Waals surface area contributed by atoms with Gasteiger partial charge in [-0.2, -0.15) is 5.26 Å². The molecule has 1 aliphatic heterocycles. The minimum absolute atomic E-state index is 0.0815. The van der Waals surface area contributed by atoms with E-state index in [-0.39, 0.29) is 17.8 Å². The van der Waals surface area contributed by atoms with Crippen molar-refractivity contribution in [3.8, 4) is 17.2 Å². The van der Waals surface area contributed by atoms with Crippen LogP contribution in [0.4, 0.5) is 0 Å². The standard InChI is InChI=1S/C22H24N4O2/c1-22(19(10-11-28-3)20(27)26(2)21(24)25-22)18-9-5-8-17(13-18)16-7-4-6-15(12-16)14-23/h4-9,12-13,19H,10-11H2,1-3H3,(H2,24,25)/t19-,22-/m1/s1. The summed E-state index contributed by atoms with van der Waals surface area (Å²) in [6.45, 7) is 2.41. The molecule has 0 unspecified atom stereocenters. The minimum atomic E-state index is -0.734. The van der Waals surface area contributed by atoms with Crippen molar-refractivity contribution in [1.29, 1.82) is 10.7 Å². The van der Waals surface area contributed by atoms with Crippen LogP contribution in [0.5, 0.6) is 0 Å². The second kappa shape index (κ2) is 7.83. The van der Waals surface area contributed by atoms with Gasteiger partial charge in [0.1, 0.15) is 0 Å². The van der Waals surface area contributed by atoms with Crippen LogP contribution < -0.4 is 5.32 Å². The number of carbonyl (C=O) groups excluding carboxylic acids is 1. The number of benzene rings is 2. The third kappa shape index (κ3) is 3.49. The summed E-state index contributed by atoms with van der Waals surface area (Å²) in [6.07, 6.45) is 0.546. The Morgan fingerprint density at radius 2 is 1.93 bits per heavy atom. The topological polar surface area (TPSA) is 89.2 Å². The van der Waals surface area contributed by atoms with Gasteiger partial charge in [0.15, 0.2) is 5.96 Å². The van der Waals surface area contributed by atoms with E-state index in [0.717, 1.165) is 16.7 Å². The third-order valence-corrected chi connectivity index (χ3v) is 5.44. The van der Waals surface area contributed by atoms with Gasteiger partial charge in [0.25, 0.3) is 0 Å². The second-order valence-electron chi connectivity index (χ2n) is 7.18. The summed E-state index contributed by atoms with van der Waals surface area (Å²) >= 11 is 0. The molecule has 1 amide bonds. The summed E-state index contributed by atoms with van der Waals surface area (Å²) in [5.74, 6) is -0.384. The number of hydrogen-bond acceptors (Lipinski definition) is 4. The van der Waals surface area contributed by atoms with E-state index in [0.29, 0.717) is 18.6 Å². The van der Waals surface area contributed by atoms with Crippen molar-refractivity contribution in [3.63, 3.8) is 0 Å². The van der Waals surface area contributed by atoms with E-state index in [2.05, 4.69) is 11.4 Å². The summed E-state index contributed by atoms with van der Waals surface area (Å²) in [5.41, 5.74) is 2.68. The minimum Gasteiger partial charge on any atom is -0.385 e. The number of nitrogens with one attached hydrogen (secondary N) is 2. The number of hydrogen-bond donors (Lipinski definition) is 2. The summed E-state index contributed by atoms with van der Waals surface area (Å²) < 4.78 is 5.22. The van der Waals surface area contributed by atoms with Crippen LogP contribution in [-0.2, 0) is 15.1 Å². The van der Waals surface area contributed by atoms with E-state index in [4.69, 9.17) is 10.1 Å². The molecule has 0 aliphatic carbocycles. The van der Waals surface area contributed by atoms with Crippen LogP contribution in [0.2, 0.25) is 0 Å². The maximum Gasteiger partial charge on any atom is 0.234 e. The highest BCUT2D eigenvalue weighted by molar-refractivity contribution is 6.00. The predicted octanol–water partition coefficient (Wildman–Crippen LogP) is 3.09. The van der Waals surface area contributed by atoms with Crippen LogP contribution in [0.1, 0.15) is 24.5 Å². The van der Waals surface area contributed by atoms with E-state index in [1.165, 1.54) is 4.90 Å². The number of ether oxygens (including phenoxy) is 1. The summed E-state index contributed by atoms with van der Waals surface area (Å²) in [7, 11) is 3.23. The summed E-state index contributed by atoms with van der Waals surface area (Å²) in [4.78, 5) is 14.3. The Labute approximate surface area is 165 Å². The highest BCUT2D eigenvalue weighted by Crippen LogP contribution is 2.37. The molecule has 0 spiro atoms. The Morgan fingerprint density at radius 1 is 1.25 bits per heavy atom. The number of nitrogens with zero attached hydrogens (tertiary/aromatic N) is 2. The van der Waals surface area contributed by atoms with Crippen molar-refractivity contribution in [3.05, 3.63) is 59.7 Å². The monoisotopic (exact) mass is 376 g/mol. The molecule has 1 heterocycles. The lowest BCUT2D eigenvalue weighted by Crippen LogP contribution is -2.63. The van der Waals surface area contributed by atoms with Gasteiger partial charge in [0.05, 0.1) is 23.1 Å². The lowest BCUT2D eigenvalue weighted by atomic mass is 9.75. The molecule has 2 atom stereocenters. The van der Waals surface area contributed by atoms with Gasteiger partial charge in [-0.25, -0.2) is 0 Å². The molecule has 0 bridgehead atoms. The maximum atomic E-state index is 12.9. The van der Waals surface area contributed by atoms with Crippen LogP contribution in [-0.4, -0.2) is 37.5 Å². The number of guanidine groups is 1. The van der Waals surface area contributed by atoms with Gasteiger partial charge >= 0.3 is 0 Å². The van der Waals surface area contributed by atoms with Crippen LogP contribution in [0.3, 0.4) is 0 Å². The van der Waals surface area contributed by atoms with Gasteiger partial charge in [0.2, 0.25) is 5.91 Å². The van der Waals surface area contributed by atoms with Gasteiger partial charge in [-0.3, -0.25) is 15.1 Å². The Bertz CT molecular complexity index is 950. The first-order chi connectivity index (χ1) is 13.4. The zero-order valence-corrected chi connectivity index (χ0v) is 16.3. The second-order valence-corrected chi connectivity index (χ2v) is 7.18. The first-order valence-electron chi connectivity index (χ1n) is 9.15. The molecule has 2 aromatic rings. The molecule has 144 valence electrons. The molecule has 1 saturated heterocycles. The molecule has 6 heteroatoms. The Kier molecular flexibility index (Phi) is 5.48. The molecule has 6 nitrogen and oxygen atoms in total. The smallest absolute Gasteiger partial charge is 0.234 e. The number of carbonyl (C=O) groups is 1. The largest absolute Gasteiger partial charge is 0.385 e. The fourth-order valence-electron chi connectivity index (χ4n) is 3.72. The van der Waals surface area contributed by atoms with E-state index in [1.54, 1.807) is 20.2 Å². The van der Waals surface area contributed by atoms with Crippen molar-refractivity contribution in [1.82, 2.24) is 10.2 Å². The van der Waals surface area contributed by atoms with Crippen LogP contribution in [0.25, 0.3) is 11.1 Å². The van der Waals surface area contributed by atoms with Crippen molar-refractivity contribution in [2.24, 2.45) is 5.92 Å². The average Bonchev–Trinajstić information content (AvgIpc) is 2.72. The highest BCUT2D eigenvalue weighted by Gasteiger charge is 2.47. The number of nitriles is 1. The van der Waals surface area contributed by atoms with Crippen molar-refractivity contribution >= 4 is 11.9 Å². The van der Waals surface area contributed by atoms with Crippen molar-refractivity contribution in [2.45, 2.75) is 18.9 Å². The van der Waals surface area contributed by atoms with Crippen LogP contribution in [0, 0.1) is 22.7 Å². The zero-order chi connectivity index (χ0) is 20.3. The Morgan fingerprint density at radius 3 is 2.61 bits per heavy atom.